The molecule has 0 spiro atoms. The van der Waals surface area contributed by atoms with E-state index >= 15 is 0 Å². The molecule has 0 aromatic carbocycles. The Labute approximate surface area is 181 Å². The SMILES string of the molecule is CCn1cc(S(=O)(=O)N2CCC[C@H]2c2cc(Nc3nc(C)cs3)cc(C)n2)c(C)n1. The van der Waals surface area contributed by atoms with Crippen molar-refractivity contribution in [2.24, 2.45) is 0 Å². The van der Waals surface area contributed by atoms with E-state index in [4.69, 9.17) is 0 Å². The van der Waals surface area contributed by atoms with Gasteiger partial charge in [-0.25, -0.2) is 13.4 Å². The lowest BCUT2D eigenvalue weighted by atomic mass is 10.1. The third kappa shape index (κ3) is 3.99. The molecule has 0 unspecified atom stereocenters. The van der Waals surface area contributed by atoms with Gasteiger partial charge in [0.05, 0.1) is 23.1 Å². The van der Waals surface area contributed by atoms with Crippen molar-refractivity contribution in [2.75, 3.05) is 11.9 Å². The van der Waals surface area contributed by atoms with Crippen molar-refractivity contribution in [2.45, 2.75) is 58.0 Å². The van der Waals surface area contributed by atoms with E-state index in [0.29, 0.717) is 18.8 Å². The topological polar surface area (TPSA) is 93.0 Å². The summed E-state index contributed by atoms with van der Waals surface area (Å²) < 4.78 is 30.1. The minimum absolute atomic E-state index is 0.278. The molecule has 8 nitrogen and oxygen atoms in total. The van der Waals surface area contributed by atoms with Gasteiger partial charge in [-0.15, -0.1) is 11.3 Å². The largest absolute Gasteiger partial charge is 0.331 e. The van der Waals surface area contributed by atoms with Gasteiger partial charge in [-0.1, -0.05) is 0 Å². The number of aromatic nitrogens is 4. The van der Waals surface area contributed by atoms with Gasteiger partial charge in [0.2, 0.25) is 10.0 Å². The van der Waals surface area contributed by atoms with Gasteiger partial charge in [-0.2, -0.15) is 9.40 Å². The zero-order valence-electron chi connectivity index (χ0n) is 17.6. The first kappa shape index (κ1) is 21.0. The van der Waals surface area contributed by atoms with Crippen LogP contribution < -0.4 is 5.32 Å². The standard InChI is InChI=1S/C20H26N6O2S2/c1-5-25-11-19(15(4)24-25)30(27,28)26-8-6-7-18(26)17-10-16(9-13(2)21-17)23-20-22-14(3)12-29-20/h9-12,18H,5-8H2,1-4H3,(H,21,22,23)/t18-/m0/s1. The third-order valence-corrected chi connectivity index (χ3v) is 8.09. The van der Waals surface area contributed by atoms with Crippen molar-refractivity contribution in [3.63, 3.8) is 0 Å². The van der Waals surface area contributed by atoms with E-state index in [1.165, 1.54) is 11.3 Å². The van der Waals surface area contributed by atoms with Gasteiger partial charge in [-0.05, 0) is 52.7 Å². The summed E-state index contributed by atoms with van der Waals surface area (Å²) in [6.45, 7) is 8.67. The van der Waals surface area contributed by atoms with E-state index in [1.54, 1.807) is 22.1 Å². The normalized spacial score (nSPS) is 17.5. The van der Waals surface area contributed by atoms with Crippen LogP contribution in [0.25, 0.3) is 0 Å². The second-order valence-corrected chi connectivity index (χ2v) is 10.3. The summed E-state index contributed by atoms with van der Waals surface area (Å²) >= 11 is 1.54. The highest BCUT2D eigenvalue weighted by Crippen LogP contribution is 2.37. The smallest absolute Gasteiger partial charge is 0.247 e. The van der Waals surface area contributed by atoms with Crippen LogP contribution >= 0.6 is 11.3 Å². The van der Waals surface area contributed by atoms with Crippen molar-refractivity contribution < 1.29 is 8.42 Å². The Balaban J connectivity index is 1.67. The van der Waals surface area contributed by atoms with Crippen LogP contribution in [0.1, 0.15) is 48.6 Å². The number of pyridine rings is 1. The van der Waals surface area contributed by atoms with Crippen LogP contribution in [0.3, 0.4) is 0 Å². The number of nitrogens with zero attached hydrogens (tertiary/aromatic N) is 5. The number of sulfonamides is 1. The van der Waals surface area contributed by atoms with Crippen molar-refractivity contribution >= 4 is 32.2 Å². The second kappa shape index (κ2) is 8.09. The summed E-state index contributed by atoms with van der Waals surface area (Å²) in [4.78, 5) is 9.41. The fourth-order valence-electron chi connectivity index (χ4n) is 3.84. The maximum absolute atomic E-state index is 13.5. The lowest BCUT2D eigenvalue weighted by Crippen LogP contribution is -2.31. The summed E-state index contributed by atoms with van der Waals surface area (Å²) in [7, 11) is -3.66. The second-order valence-electron chi connectivity index (χ2n) is 7.55. The molecule has 1 atom stereocenters. The van der Waals surface area contributed by atoms with Crippen LogP contribution in [-0.4, -0.2) is 39.0 Å². The summed E-state index contributed by atoms with van der Waals surface area (Å²) in [6, 6.07) is 3.59. The van der Waals surface area contributed by atoms with Crippen LogP contribution in [0.4, 0.5) is 10.8 Å². The Kier molecular flexibility index (Phi) is 5.65. The molecule has 160 valence electrons. The van der Waals surface area contributed by atoms with E-state index < -0.39 is 10.0 Å². The van der Waals surface area contributed by atoms with Crippen molar-refractivity contribution in [3.8, 4) is 0 Å². The molecule has 30 heavy (non-hydrogen) atoms. The van der Waals surface area contributed by atoms with E-state index in [1.807, 2.05) is 38.3 Å². The minimum atomic E-state index is -3.66. The minimum Gasteiger partial charge on any atom is -0.331 e. The Morgan fingerprint density at radius 2 is 2.00 bits per heavy atom. The van der Waals surface area contributed by atoms with Crippen LogP contribution in [0.15, 0.2) is 28.6 Å². The molecule has 4 heterocycles. The first-order valence-corrected chi connectivity index (χ1v) is 12.3. The molecule has 1 N–H and O–H groups in total. The van der Waals surface area contributed by atoms with Gasteiger partial charge in [0.25, 0.3) is 0 Å². The Hall–Kier alpha value is -2.30. The summed E-state index contributed by atoms with van der Waals surface area (Å²) in [5, 5.41) is 10.4. The number of aryl methyl sites for hydroxylation is 4. The molecule has 3 aromatic rings. The molecule has 0 bridgehead atoms. The molecule has 3 aromatic heterocycles. The molecule has 0 radical (unpaired) electrons. The van der Waals surface area contributed by atoms with E-state index in [-0.39, 0.29) is 10.9 Å². The Bertz CT molecular complexity index is 1170. The molecule has 1 fully saturated rings. The maximum atomic E-state index is 13.5. The first-order valence-electron chi connectivity index (χ1n) is 10.0. The quantitative estimate of drug-likeness (QED) is 0.616. The molecule has 1 saturated heterocycles. The molecule has 1 aliphatic heterocycles. The van der Waals surface area contributed by atoms with Crippen LogP contribution in [0.2, 0.25) is 0 Å². The number of rotatable bonds is 6. The lowest BCUT2D eigenvalue weighted by molar-refractivity contribution is 0.390. The Morgan fingerprint density at radius 1 is 1.20 bits per heavy atom. The Morgan fingerprint density at radius 3 is 2.67 bits per heavy atom. The summed E-state index contributed by atoms with van der Waals surface area (Å²) in [5.74, 6) is 0. The average molecular weight is 447 g/mol. The molecule has 0 saturated carbocycles. The molecule has 10 heteroatoms. The van der Waals surface area contributed by atoms with Gasteiger partial charge >= 0.3 is 0 Å². The van der Waals surface area contributed by atoms with Gasteiger partial charge in [0.15, 0.2) is 5.13 Å². The summed E-state index contributed by atoms with van der Waals surface area (Å²) in [5.41, 5.74) is 3.95. The maximum Gasteiger partial charge on any atom is 0.247 e. The average Bonchev–Trinajstić information content (AvgIpc) is 3.41. The molecule has 0 amide bonds. The van der Waals surface area contributed by atoms with Crippen LogP contribution in [0.5, 0.6) is 0 Å². The molecule has 1 aliphatic rings. The number of nitrogens with one attached hydrogen (secondary N) is 1. The molecular weight excluding hydrogens is 420 g/mol. The number of hydrogen-bond donors (Lipinski definition) is 1. The van der Waals surface area contributed by atoms with E-state index in [2.05, 4.69) is 20.4 Å². The van der Waals surface area contributed by atoms with Gasteiger partial charge < -0.3 is 5.32 Å². The van der Waals surface area contributed by atoms with E-state index in [0.717, 1.165) is 40.7 Å². The zero-order chi connectivity index (χ0) is 21.5. The van der Waals surface area contributed by atoms with Crippen LogP contribution in [0, 0.1) is 20.8 Å². The monoisotopic (exact) mass is 446 g/mol. The number of anilines is 2. The van der Waals surface area contributed by atoms with Crippen LogP contribution in [-0.2, 0) is 16.6 Å². The summed E-state index contributed by atoms with van der Waals surface area (Å²) in [6.07, 6.45) is 3.17. The van der Waals surface area contributed by atoms with Gasteiger partial charge in [0.1, 0.15) is 4.90 Å². The van der Waals surface area contributed by atoms with Crippen molar-refractivity contribution in [1.82, 2.24) is 24.1 Å². The van der Waals surface area contributed by atoms with Crippen molar-refractivity contribution in [3.05, 3.63) is 46.5 Å². The first-order chi connectivity index (χ1) is 14.3. The number of thiazole rings is 1. The highest BCUT2D eigenvalue weighted by Gasteiger charge is 2.38. The highest BCUT2D eigenvalue weighted by molar-refractivity contribution is 7.89. The predicted octanol–water partition coefficient (Wildman–Crippen LogP) is 3.95. The molecule has 0 aliphatic carbocycles. The fourth-order valence-corrected chi connectivity index (χ4v) is 6.38. The fraction of sp³-hybridized carbons (Fsp3) is 0.450. The predicted molar refractivity (Wildman–Crippen MR) is 118 cm³/mol. The molecular formula is C20H26N6O2S2. The molecule has 4 rings (SSSR count). The van der Waals surface area contributed by atoms with Gasteiger partial charge in [0, 0.05) is 36.0 Å². The van der Waals surface area contributed by atoms with Crippen molar-refractivity contribution in [1.29, 1.82) is 0 Å². The van der Waals surface area contributed by atoms with E-state index in [9.17, 15) is 8.42 Å². The number of hydrogen-bond acceptors (Lipinski definition) is 7. The van der Waals surface area contributed by atoms with Gasteiger partial charge in [-0.3, -0.25) is 9.67 Å². The highest BCUT2D eigenvalue weighted by atomic mass is 32.2. The zero-order valence-corrected chi connectivity index (χ0v) is 19.2. The lowest BCUT2D eigenvalue weighted by Gasteiger charge is -2.24. The third-order valence-electron chi connectivity index (χ3n) is 5.20.